The fourth-order valence-electron chi connectivity index (χ4n) is 1.44. The predicted octanol–water partition coefficient (Wildman–Crippen LogP) is -8.66. The lowest BCUT2D eigenvalue weighted by molar-refractivity contribution is -0.463. The van der Waals surface area contributed by atoms with Gasteiger partial charge in [-0.1, -0.05) is 0 Å². The molecule has 0 aliphatic heterocycles. The summed E-state index contributed by atoms with van der Waals surface area (Å²) in [4.78, 5) is 52.9. The van der Waals surface area contributed by atoms with E-state index in [2.05, 4.69) is 10.7 Å². The molecule has 0 fully saturated rings. The molecule has 2 aromatic carbocycles. The molecule has 0 radical (unpaired) electrons. The van der Waals surface area contributed by atoms with E-state index in [0.29, 0.717) is 13.0 Å². The van der Waals surface area contributed by atoms with Crippen LogP contribution in [-0.2, 0) is 4.79 Å². The number of aromatic hydroxyl groups is 2. The molecule has 0 aliphatic carbocycles. The van der Waals surface area contributed by atoms with Crippen molar-refractivity contribution < 1.29 is 35.9 Å². The minimum absolute atomic E-state index is 0.190. The van der Waals surface area contributed by atoms with Gasteiger partial charge in [0.15, 0.2) is 17.5 Å². The fourth-order valence-corrected chi connectivity index (χ4v) is 1.44. The largest absolute Gasteiger partial charge is 0.867 e. The molecule has 0 heterocycles. The first-order chi connectivity index (χ1) is 12.8. The molecular formula is C14H19N5O9. The van der Waals surface area contributed by atoms with Gasteiger partial charge < -0.3 is 31.9 Å². The zero-order chi connectivity index (χ0) is 22.2. The Hall–Kier alpha value is -3.94. The average molecular weight is 401 g/mol. The Balaban J connectivity index is 0.000000402. The lowest BCUT2D eigenvalue weighted by Gasteiger charge is -2.05. The predicted molar refractivity (Wildman–Crippen MR) is 89.2 cm³/mol. The van der Waals surface area contributed by atoms with Crippen LogP contribution in [0, 0.1) is 0 Å². The maximum Gasteiger partial charge on any atom is 0.338 e. The van der Waals surface area contributed by atoms with Crippen LogP contribution in [0.1, 0.15) is 12.8 Å². The molecule has 0 unspecified atom stereocenters. The molecule has 0 spiro atoms. The van der Waals surface area contributed by atoms with Crippen LogP contribution in [0.25, 0.3) is 0 Å². The summed E-state index contributed by atoms with van der Waals surface area (Å²) < 4.78 is 0. The molecule has 0 saturated heterocycles. The van der Waals surface area contributed by atoms with Gasteiger partial charge in [0.2, 0.25) is 10.9 Å². The number of primary amides is 1. The van der Waals surface area contributed by atoms with Crippen LogP contribution in [0.15, 0.2) is 19.2 Å². The van der Waals surface area contributed by atoms with Crippen LogP contribution in [0.5, 0.6) is 23.0 Å². The van der Waals surface area contributed by atoms with Gasteiger partial charge in [0.25, 0.3) is 16.8 Å². The average Bonchev–Trinajstić information content (AvgIpc) is 2.68. The third kappa shape index (κ3) is 6.41. The fraction of sp³-hybridized carbons (Fsp3) is 0.286. The Morgan fingerprint density at radius 3 is 1.54 bits per heavy atom. The van der Waals surface area contributed by atoms with Crippen LogP contribution in [-0.4, -0.2) is 34.7 Å². The van der Waals surface area contributed by atoms with Crippen LogP contribution in [0.3, 0.4) is 0 Å². The highest BCUT2D eigenvalue weighted by molar-refractivity contribution is 5.78. The molecule has 0 bridgehead atoms. The Bertz CT molecular complexity index is 872. The molecule has 2 rings (SSSR count). The summed E-state index contributed by atoms with van der Waals surface area (Å²) in [5.74, 6) is -4.20. The van der Waals surface area contributed by atoms with E-state index in [1.54, 1.807) is 0 Å². The minimum Gasteiger partial charge on any atom is -0.867 e. The second-order valence-corrected chi connectivity index (χ2v) is 5.30. The van der Waals surface area contributed by atoms with Gasteiger partial charge in [-0.15, -0.1) is 0 Å². The van der Waals surface area contributed by atoms with E-state index in [1.165, 1.54) is 0 Å². The first-order valence-corrected chi connectivity index (χ1v) is 7.45. The second-order valence-electron chi connectivity index (χ2n) is 5.30. The molecule has 1 amide bonds. The van der Waals surface area contributed by atoms with Gasteiger partial charge in [-0.3, -0.25) is 40.4 Å². The highest BCUT2D eigenvalue weighted by Gasteiger charge is 2.11. The minimum atomic E-state index is -1.12. The van der Waals surface area contributed by atoms with Crippen molar-refractivity contribution in [2.24, 2.45) is 17.2 Å². The van der Waals surface area contributed by atoms with Crippen LogP contribution < -0.4 is 59.9 Å². The third-order valence-corrected chi connectivity index (χ3v) is 3.15. The standard InChI is InChI=1S/C6H15N5O.2C4H2O4/c7-4(5(8)12)2-1-3-11-6(9)10;2*5-1-2(6)4(8)3(1)7/h4H,1-3,7H2,(H2,8,12)(H4,9,10,11);2*5-6H/t4-;;/m0../s1. The first-order valence-electron chi connectivity index (χ1n) is 7.45. The molecule has 0 saturated carbocycles. The van der Waals surface area contributed by atoms with Gasteiger partial charge in [0, 0.05) is 6.42 Å². The zero-order valence-corrected chi connectivity index (χ0v) is 14.4. The number of guanidine groups is 1. The lowest BCUT2D eigenvalue weighted by Crippen LogP contribution is -2.78. The molecule has 2 aromatic rings. The maximum atomic E-state index is 10.5. The number of nitrogens with two attached hydrogens (primary N) is 3. The van der Waals surface area contributed by atoms with Crippen molar-refractivity contribution in [3.05, 3.63) is 40.9 Å². The van der Waals surface area contributed by atoms with Gasteiger partial charge in [-0.05, 0) is 17.9 Å². The van der Waals surface area contributed by atoms with E-state index in [4.69, 9.17) is 27.4 Å². The molecular weight excluding hydrogens is 382 g/mol. The highest BCUT2D eigenvalue weighted by Crippen LogP contribution is 2.10. The number of hydrogen-bond donors (Lipinski definition) is 7. The Labute approximate surface area is 155 Å². The van der Waals surface area contributed by atoms with Crippen molar-refractivity contribution in [1.29, 1.82) is 0 Å². The summed E-state index contributed by atoms with van der Waals surface area (Å²) in [6.45, 7) is 0.641. The lowest BCUT2D eigenvalue weighted by atomic mass is 10.1. The smallest absolute Gasteiger partial charge is 0.338 e. The number of carbonyl (C=O) groups is 1. The van der Waals surface area contributed by atoms with E-state index in [-0.39, 0.29) is 17.9 Å². The van der Waals surface area contributed by atoms with Crippen molar-refractivity contribution in [2.45, 2.75) is 18.9 Å². The number of amides is 1. The normalized spacial score (nSPS) is 10.9. The summed E-state index contributed by atoms with van der Waals surface area (Å²) >= 11 is 0. The molecule has 0 aromatic heterocycles. The monoisotopic (exact) mass is 401 g/mol. The van der Waals surface area contributed by atoms with Gasteiger partial charge in [0.1, 0.15) is 0 Å². The first kappa shape index (κ1) is 24.1. The summed E-state index contributed by atoms with van der Waals surface area (Å²) in [5, 5.41) is 36.1. The number of carbonyl (C=O) groups excluding carboxylic acids is 1. The Morgan fingerprint density at radius 2 is 1.32 bits per heavy atom. The molecule has 14 nitrogen and oxygen atoms in total. The molecule has 28 heavy (non-hydrogen) atoms. The molecule has 154 valence electrons. The topological polar surface area (TPSA) is 292 Å². The number of quaternary nitrogens is 1. The summed E-state index contributed by atoms with van der Waals surface area (Å²) in [7, 11) is 0. The number of rotatable bonds is 5. The van der Waals surface area contributed by atoms with E-state index < -0.39 is 44.7 Å². The van der Waals surface area contributed by atoms with Crippen molar-refractivity contribution >= 4 is 11.9 Å². The van der Waals surface area contributed by atoms with Gasteiger partial charge >= 0.3 is 5.96 Å². The summed E-state index contributed by atoms with van der Waals surface area (Å²) in [5.41, 5.74) is 14.5. The molecule has 12 N–H and O–H groups in total. The van der Waals surface area contributed by atoms with E-state index >= 15 is 0 Å². The van der Waals surface area contributed by atoms with Crippen LogP contribution >= 0.6 is 0 Å². The van der Waals surface area contributed by atoms with Gasteiger partial charge in [0.05, 0.1) is 6.54 Å². The Morgan fingerprint density at radius 1 is 0.929 bits per heavy atom. The van der Waals surface area contributed by atoms with Crippen molar-refractivity contribution in [2.75, 3.05) is 6.54 Å². The summed E-state index contributed by atoms with van der Waals surface area (Å²) in [6.07, 6.45) is 1.42. The van der Waals surface area contributed by atoms with Gasteiger partial charge in [-0.25, -0.2) is 0 Å². The van der Waals surface area contributed by atoms with Crippen molar-refractivity contribution in [3.8, 4) is 23.0 Å². The highest BCUT2D eigenvalue weighted by atomic mass is 16.3. The molecule has 14 heteroatoms. The SMILES string of the molecule is NC(=O)[C@@H]([NH3+])CCC[NH+]=C(N)N.O=c1c([O-])c(O)c1=O.O=c1c([O-])c(O)c1=O. The van der Waals surface area contributed by atoms with Crippen LogP contribution in [0.2, 0.25) is 0 Å². The zero-order valence-electron chi connectivity index (χ0n) is 14.4. The van der Waals surface area contributed by atoms with Crippen molar-refractivity contribution in [1.82, 2.24) is 0 Å². The molecule has 1 atom stereocenters. The van der Waals surface area contributed by atoms with E-state index in [1.807, 2.05) is 0 Å². The number of nitrogens with one attached hydrogen (secondary N) is 1. The maximum absolute atomic E-state index is 10.5. The van der Waals surface area contributed by atoms with Crippen LogP contribution in [0.4, 0.5) is 0 Å². The third-order valence-electron chi connectivity index (χ3n) is 3.15. The van der Waals surface area contributed by atoms with E-state index in [0.717, 1.165) is 6.42 Å². The summed E-state index contributed by atoms with van der Waals surface area (Å²) in [6, 6.07) is -0.328. The van der Waals surface area contributed by atoms with Crippen molar-refractivity contribution in [3.63, 3.8) is 0 Å². The van der Waals surface area contributed by atoms with E-state index in [9.17, 15) is 34.2 Å². The quantitative estimate of drug-likeness (QED) is 0.107. The number of hydrogen-bond acceptors (Lipinski definition) is 9. The second kappa shape index (κ2) is 10.3. The molecule has 0 aliphatic rings. The van der Waals surface area contributed by atoms with Gasteiger partial charge in [-0.2, -0.15) is 0 Å². The Kier molecular flexibility index (Phi) is 8.82.